The zero-order valence-corrected chi connectivity index (χ0v) is 12.5. The summed E-state index contributed by atoms with van der Waals surface area (Å²) in [7, 11) is 0. The van der Waals surface area contributed by atoms with Gasteiger partial charge in [0.05, 0.1) is 0 Å². The molecule has 1 aromatic heterocycles. The fourth-order valence-corrected chi connectivity index (χ4v) is 1.88. The van der Waals surface area contributed by atoms with Crippen LogP contribution in [0.5, 0.6) is 0 Å². The van der Waals surface area contributed by atoms with E-state index in [1.54, 1.807) is 18.3 Å². The minimum atomic E-state index is -0.993. The van der Waals surface area contributed by atoms with Gasteiger partial charge in [-0.1, -0.05) is 42.5 Å². The second-order valence-electron chi connectivity index (χ2n) is 4.83. The van der Waals surface area contributed by atoms with Gasteiger partial charge in [-0.2, -0.15) is 0 Å². The Bertz CT molecular complexity index is 677. The summed E-state index contributed by atoms with van der Waals surface area (Å²) in [6.45, 7) is 0.685. The van der Waals surface area contributed by atoms with E-state index in [2.05, 4.69) is 10.3 Å². The lowest BCUT2D eigenvalue weighted by molar-refractivity contribution is 0.0691. The maximum atomic E-state index is 11.5. The first-order valence-corrected chi connectivity index (χ1v) is 7.18. The molecule has 0 aliphatic rings. The van der Waals surface area contributed by atoms with Crippen LogP contribution in [-0.4, -0.2) is 28.7 Å². The molecule has 0 atom stereocenters. The van der Waals surface area contributed by atoms with Crippen molar-refractivity contribution in [2.45, 2.75) is 13.0 Å². The van der Waals surface area contributed by atoms with Crippen molar-refractivity contribution in [2.75, 3.05) is 6.54 Å². The highest BCUT2D eigenvalue weighted by Gasteiger charge is 2.04. The number of carboxylic acids is 1. The molecule has 1 aromatic carbocycles. The number of carbonyl (C=O) groups is 2. The maximum Gasteiger partial charge on any atom is 0.407 e. The van der Waals surface area contributed by atoms with Crippen LogP contribution in [0.25, 0.3) is 6.08 Å². The van der Waals surface area contributed by atoms with Crippen LogP contribution in [0, 0.1) is 0 Å². The number of aromatic amines is 1. The predicted octanol–water partition coefficient (Wildman–Crippen LogP) is 3.04. The summed E-state index contributed by atoms with van der Waals surface area (Å²) < 4.78 is 5.08. The van der Waals surface area contributed by atoms with Gasteiger partial charge in [-0.05, 0) is 23.6 Å². The largest absolute Gasteiger partial charge is 0.477 e. The number of carbonyl (C=O) groups excluding carboxylic acids is 1. The molecule has 2 rings (SSSR count). The van der Waals surface area contributed by atoms with Crippen LogP contribution < -0.4 is 5.32 Å². The molecule has 2 aromatic rings. The Morgan fingerprint density at radius 3 is 2.74 bits per heavy atom. The fraction of sp³-hybridized carbons (Fsp3) is 0.176. The topological polar surface area (TPSA) is 91.4 Å². The molecule has 23 heavy (non-hydrogen) atoms. The molecule has 0 bridgehead atoms. The van der Waals surface area contributed by atoms with Gasteiger partial charge in [-0.3, -0.25) is 0 Å². The highest BCUT2D eigenvalue weighted by atomic mass is 16.5. The maximum absolute atomic E-state index is 11.5. The van der Waals surface area contributed by atoms with Gasteiger partial charge < -0.3 is 20.1 Å². The van der Waals surface area contributed by atoms with Crippen molar-refractivity contribution in [3.63, 3.8) is 0 Å². The van der Waals surface area contributed by atoms with Gasteiger partial charge in [0.1, 0.15) is 12.3 Å². The van der Waals surface area contributed by atoms with Crippen molar-refractivity contribution in [1.29, 1.82) is 0 Å². The molecule has 0 saturated carbocycles. The van der Waals surface area contributed by atoms with Crippen molar-refractivity contribution in [2.24, 2.45) is 0 Å². The minimum Gasteiger partial charge on any atom is -0.477 e. The van der Waals surface area contributed by atoms with Crippen molar-refractivity contribution in [3.8, 4) is 0 Å². The smallest absolute Gasteiger partial charge is 0.407 e. The van der Waals surface area contributed by atoms with Crippen LogP contribution in [0.1, 0.15) is 28.0 Å². The van der Waals surface area contributed by atoms with Crippen LogP contribution in [0.2, 0.25) is 0 Å². The van der Waals surface area contributed by atoms with Gasteiger partial charge in [0.25, 0.3) is 0 Å². The highest BCUT2D eigenvalue weighted by molar-refractivity contribution is 5.86. The Morgan fingerprint density at radius 1 is 1.26 bits per heavy atom. The summed E-state index contributed by atoms with van der Waals surface area (Å²) in [6.07, 6.45) is 5.42. The van der Waals surface area contributed by atoms with Crippen molar-refractivity contribution in [3.05, 3.63) is 65.5 Å². The number of hydrogen-bond donors (Lipinski definition) is 3. The Morgan fingerprint density at radius 2 is 2.04 bits per heavy atom. The molecular formula is C17H18N2O4. The molecule has 6 heteroatoms. The molecule has 0 radical (unpaired) electrons. The third-order valence-electron chi connectivity index (χ3n) is 3.04. The minimum absolute atomic E-state index is 0.146. The van der Waals surface area contributed by atoms with Crippen LogP contribution in [0.15, 0.2) is 48.7 Å². The van der Waals surface area contributed by atoms with Crippen LogP contribution in [0.4, 0.5) is 4.79 Å². The lowest BCUT2D eigenvalue weighted by atomic mass is 10.2. The molecule has 0 aliphatic carbocycles. The van der Waals surface area contributed by atoms with Gasteiger partial charge in [0.15, 0.2) is 0 Å². The Hall–Kier alpha value is -3.02. The average molecular weight is 314 g/mol. The number of aromatic nitrogens is 1. The first kappa shape index (κ1) is 16.4. The zero-order chi connectivity index (χ0) is 16.5. The van der Waals surface area contributed by atoms with E-state index in [1.807, 2.05) is 36.4 Å². The molecule has 3 N–H and O–H groups in total. The molecule has 0 spiro atoms. The molecule has 0 saturated heterocycles. The normalized spacial score (nSPS) is 10.6. The number of aromatic carboxylic acids is 1. The summed E-state index contributed by atoms with van der Waals surface area (Å²) in [4.78, 5) is 24.9. The summed E-state index contributed by atoms with van der Waals surface area (Å²) >= 11 is 0. The second kappa shape index (κ2) is 8.43. The van der Waals surface area contributed by atoms with Gasteiger partial charge in [-0.25, -0.2) is 9.59 Å². The monoisotopic (exact) mass is 314 g/mol. The number of rotatable bonds is 7. The van der Waals surface area contributed by atoms with Gasteiger partial charge in [0, 0.05) is 12.7 Å². The van der Waals surface area contributed by atoms with E-state index in [1.165, 1.54) is 0 Å². The third kappa shape index (κ3) is 5.70. The first-order valence-electron chi connectivity index (χ1n) is 7.18. The zero-order valence-electron chi connectivity index (χ0n) is 12.5. The number of benzene rings is 1. The third-order valence-corrected chi connectivity index (χ3v) is 3.04. The lowest BCUT2D eigenvalue weighted by Crippen LogP contribution is -2.24. The molecule has 0 aliphatic heterocycles. The van der Waals surface area contributed by atoms with Gasteiger partial charge in [-0.15, -0.1) is 0 Å². The number of H-pyrrole nitrogens is 1. The average Bonchev–Trinajstić information content (AvgIpc) is 3.03. The van der Waals surface area contributed by atoms with Crippen molar-refractivity contribution in [1.82, 2.24) is 10.3 Å². The summed E-state index contributed by atoms with van der Waals surface area (Å²) in [5.74, 6) is -0.993. The quantitative estimate of drug-likeness (QED) is 0.685. The van der Waals surface area contributed by atoms with E-state index in [0.717, 1.165) is 11.1 Å². The summed E-state index contributed by atoms with van der Waals surface area (Å²) in [5.41, 5.74) is 1.85. The number of hydrogen-bond acceptors (Lipinski definition) is 3. The fourth-order valence-electron chi connectivity index (χ4n) is 1.88. The van der Waals surface area contributed by atoms with Crippen LogP contribution in [-0.2, 0) is 11.3 Å². The van der Waals surface area contributed by atoms with E-state index in [9.17, 15) is 9.59 Å². The highest BCUT2D eigenvalue weighted by Crippen LogP contribution is 2.06. The Labute approximate surface area is 133 Å². The van der Waals surface area contributed by atoms with Gasteiger partial charge >= 0.3 is 12.1 Å². The van der Waals surface area contributed by atoms with E-state index < -0.39 is 12.1 Å². The number of amides is 1. The predicted molar refractivity (Wildman–Crippen MR) is 86.0 cm³/mol. The number of alkyl carbamates (subject to hydrolysis) is 1. The lowest BCUT2D eigenvalue weighted by Gasteiger charge is -2.05. The van der Waals surface area contributed by atoms with Crippen molar-refractivity contribution < 1.29 is 19.4 Å². The molecular weight excluding hydrogens is 296 g/mol. The Balaban J connectivity index is 1.63. The summed E-state index contributed by atoms with van der Waals surface area (Å²) in [5, 5.41) is 11.4. The number of ether oxygens (including phenoxy) is 1. The van der Waals surface area contributed by atoms with Crippen LogP contribution >= 0.6 is 0 Å². The number of carboxylic acid groups (broad SMARTS) is 1. The van der Waals surface area contributed by atoms with Crippen molar-refractivity contribution >= 4 is 18.1 Å². The molecule has 120 valence electrons. The SMILES string of the molecule is O=C(NCCC=Cc1c[nH]c(C(=O)O)c1)OCc1ccccc1. The van der Waals surface area contributed by atoms with Crippen LogP contribution in [0.3, 0.4) is 0 Å². The number of nitrogens with one attached hydrogen (secondary N) is 2. The molecule has 1 heterocycles. The molecule has 0 unspecified atom stereocenters. The second-order valence-corrected chi connectivity index (χ2v) is 4.83. The molecule has 1 amide bonds. The Kier molecular flexibility index (Phi) is 5.99. The van der Waals surface area contributed by atoms with E-state index in [4.69, 9.17) is 9.84 Å². The van der Waals surface area contributed by atoms with Gasteiger partial charge in [0.2, 0.25) is 0 Å². The summed E-state index contributed by atoms with van der Waals surface area (Å²) in [6, 6.07) is 11.0. The van der Waals surface area contributed by atoms with E-state index >= 15 is 0 Å². The first-order chi connectivity index (χ1) is 11.1. The standard InChI is InChI=1S/C17H18N2O4/c20-16(21)15-10-14(11-19-15)8-4-5-9-18-17(22)23-12-13-6-2-1-3-7-13/h1-4,6-8,10-11,19H,5,9,12H2,(H,18,22)(H,20,21). The van der Waals surface area contributed by atoms with E-state index in [-0.39, 0.29) is 12.3 Å². The molecule has 0 fully saturated rings. The van der Waals surface area contributed by atoms with E-state index in [0.29, 0.717) is 13.0 Å². The molecule has 6 nitrogen and oxygen atoms in total.